The van der Waals surface area contributed by atoms with Crippen LogP contribution in [-0.4, -0.2) is 0 Å². The second-order valence-corrected chi connectivity index (χ2v) is 16.0. The third-order valence-corrected chi connectivity index (χ3v) is 12.4. The zero-order chi connectivity index (χ0) is 39.8. The maximum absolute atomic E-state index is 2.48. The van der Waals surface area contributed by atoms with E-state index in [2.05, 4.69) is 234 Å². The highest BCUT2D eigenvalue weighted by atomic mass is 15.2. The van der Waals surface area contributed by atoms with Gasteiger partial charge in [0.1, 0.15) is 0 Å². The van der Waals surface area contributed by atoms with Gasteiger partial charge in [-0.15, -0.1) is 0 Å². The fourth-order valence-corrected chi connectivity index (χ4v) is 9.46. The lowest BCUT2D eigenvalue weighted by Crippen LogP contribution is -2.17. The van der Waals surface area contributed by atoms with Crippen molar-refractivity contribution in [2.24, 2.45) is 0 Å². The molecule has 2 aliphatic carbocycles. The fourth-order valence-electron chi connectivity index (χ4n) is 9.46. The summed E-state index contributed by atoms with van der Waals surface area (Å²) in [5, 5.41) is 10.1. The van der Waals surface area contributed by atoms with Crippen LogP contribution in [0.2, 0.25) is 0 Å². The third kappa shape index (κ3) is 6.47. The lowest BCUT2D eigenvalue weighted by Gasteiger charge is -2.30. The van der Waals surface area contributed by atoms with Gasteiger partial charge in [0.15, 0.2) is 0 Å². The van der Waals surface area contributed by atoms with Gasteiger partial charge in [-0.25, -0.2) is 0 Å². The fraction of sp³-hybridized carbons (Fsp3) is 0.0690. The molecule has 1 unspecified atom stereocenters. The minimum Gasteiger partial charge on any atom is -0.314 e. The molecule has 0 saturated carbocycles. The highest BCUT2D eigenvalue weighted by Crippen LogP contribution is 2.44. The normalized spacial score (nSPS) is 15.0. The van der Waals surface area contributed by atoms with Crippen molar-refractivity contribution >= 4 is 77.1 Å². The Bertz CT molecular complexity index is 3170. The third-order valence-electron chi connectivity index (χ3n) is 12.4. The number of nitrogens with zero attached hydrogens (tertiary/aromatic N) is 2. The number of hydrogen-bond acceptors (Lipinski definition) is 2. The van der Waals surface area contributed by atoms with Gasteiger partial charge in [-0.2, -0.15) is 0 Å². The number of anilines is 5. The molecule has 286 valence electrons. The summed E-state index contributed by atoms with van der Waals surface area (Å²) in [7, 11) is 0. The predicted molar refractivity (Wildman–Crippen MR) is 257 cm³/mol. The summed E-state index contributed by atoms with van der Waals surface area (Å²) in [5.74, 6) is 0.282. The number of para-hydroxylation sites is 1. The van der Waals surface area contributed by atoms with Crippen molar-refractivity contribution in [2.45, 2.75) is 25.2 Å². The molecule has 60 heavy (non-hydrogen) atoms. The highest BCUT2D eigenvalue weighted by Gasteiger charge is 2.21. The van der Waals surface area contributed by atoms with E-state index in [1.807, 2.05) is 0 Å². The molecule has 0 N–H and O–H groups in total. The first-order valence-corrected chi connectivity index (χ1v) is 21.2. The molecular formula is C58H44N2. The van der Waals surface area contributed by atoms with Crippen molar-refractivity contribution < 1.29 is 0 Å². The van der Waals surface area contributed by atoms with Gasteiger partial charge >= 0.3 is 0 Å². The van der Waals surface area contributed by atoms with Crippen molar-refractivity contribution in [3.05, 3.63) is 241 Å². The van der Waals surface area contributed by atoms with E-state index in [9.17, 15) is 0 Å². The van der Waals surface area contributed by atoms with Gasteiger partial charge in [0, 0.05) is 39.4 Å². The second kappa shape index (κ2) is 15.4. The average molecular weight is 769 g/mol. The summed E-state index contributed by atoms with van der Waals surface area (Å²) in [6.07, 6.45) is 16.9. The van der Waals surface area contributed by atoms with Gasteiger partial charge in [0.25, 0.3) is 0 Å². The number of benzene rings is 9. The number of rotatable bonds is 8. The van der Waals surface area contributed by atoms with Crippen LogP contribution in [0.25, 0.3) is 48.7 Å². The van der Waals surface area contributed by atoms with E-state index in [0.717, 1.165) is 30.6 Å². The van der Waals surface area contributed by atoms with Crippen molar-refractivity contribution in [1.29, 1.82) is 0 Å². The van der Waals surface area contributed by atoms with Gasteiger partial charge in [0.05, 0.1) is 11.4 Å². The average Bonchev–Trinajstić information content (AvgIpc) is 3.33. The zero-order valence-corrected chi connectivity index (χ0v) is 33.5. The van der Waals surface area contributed by atoms with Gasteiger partial charge < -0.3 is 9.80 Å². The largest absolute Gasteiger partial charge is 0.314 e. The Morgan fingerprint density at radius 3 is 1.57 bits per heavy atom. The molecule has 0 bridgehead atoms. The van der Waals surface area contributed by atoms with Crippen molar-refractivity contribution in [3.8, 4) is 0 Å². The van der Waals surface area contributed by atoms with Crippen LogP contribution >= 0.6 is 0 Å². The summed E-state index contributed by atoms with van der Waals surface area (Å²) in [6, 6.07) is 69.0. The number of allylic oxidation sites excluding steroid dienone is 8. The van der Waals surface area contributed by atoms with Crippen molar-refractivity contribution in [3.63, 3.8) is 0 Å². The first-order chi connectivity index (χ1) is 29.8. The molecule has 1 atom stereocenters. The molecule has 0 saturated heterocycles. The summed E-state index contributed by atoms with van der Waals surface area (Å²) < 4.78 is 0. The molecule has 2 heteroatoms. The first-order valence-electron chi connectivity index (χ1n) is 21.2. The van der Waals surface area contributed by atoms with E-state index >= 15 is 0 Å². The monoisotopic (exact) mass is 768 g/mol. The Morgan fingerprint density at radius 2 is 0.950 bits per heavy atom. The van der Waals surface area contributed by atoms with Crippen LogP contribution in [-0.2, 0) is 0 Å². The molecule has 0 aromatic heterocycles. The highest BCUT2D eigenvalue weighted by molar-refractivity contribution is 6.15. The van der Waals surface area contributed by atoms with Gasteiger partial charge in [-0.05, 0) is 123 Å². The van der Waals surface area contributed by atoms with Crippen LogP contribution in [0, 0.1) is 0 Å². The van der Waals surface area contributed by atoms with E-state index in [-0.39, 0.29) is 5.92 Å². The van der Waals surface area contributed by atoms with Crippen LogP contribution in [0.3, 0.4) is 0 Å². The van der Waals surface area contributed by atoms with Gasteiger partial charge in [-0.3, -0.25) is 0 Å². The lowest BCUT2D eigenvalue weighted by molar-refractivity contribution is 0.857. The number of fused-ring (bicyclic) bond motifs is 6. The van der Waals surface area contributed by atoms with E-state index in [1.165, 1.54) is 82.5 Å². The van der Waals surface area contributed by atoms with E-state index in [1.54, 1.807) is 0 Å². The van der Waals surface area contributed by atoms with E-state index in [0.29, 0.717) is 0 Å². The Morgan fingerprint density at radius 1 is 0.433 bits per heavy atom. The predicted octanol–water partition coefficient (Wildman–Crippen LogP) is 16.3. The molecule has 0 radical (unpaired) electrons. The second-order valence-electron chi connectivity index (χ2n) is 16.0. The van der Waals surface area contributed by atoms with Crippen molar-refractivity contribution in [2.75, 3.05) is 9.80 Å². The summed E-state index contributed by atoms with van der Waals surface area (Å²) in [4.78, 5) is 4.89. The Kier molecular flexibility index (Phi) is 9.17. The minimum atomic E-state index is 0.282. The van der Waals surface area contributed by atoms with Crippen molar-refractivity contribution in [1.82, 2.24) is 0 Å². The number of hydrogen-bond donors (Lipinski definition) is 0. The maximum atomic E-state index is 2.48. The zero-order valence-electron chi connectivity index (χ0n) is 33.5. The Labute approximate surface area is 352 Å². The quantitative estimate of drug-likeness (QED) is 0.142. The van der Waals surface area contributed by atoms with E-state index in [4.69, 9.17) is 0 Å². The van der Waals surface area contributed by atoms with Crippen LogP contribution in [0.4, 0.5) is 28.4 Å². The molecule has 0 spiro atoms. The van der Waals surface area contributed by atoms with Crippen LogP contribution < -0.4 is 9.80 Å². The molecular weight excluding hydrogens is 725 g/mol. The molecule has 9 aromatic carbocycles. The molecule has 0 heterocycles. The smallest absolute Gasteiger partial charge is 0.0546 e. The summed E-state index contributed by atoms with van der Waals surface area (Å²) in [5.41, 5.74) is 11.0. The Balaban J connectivity index is 0.927. The summed E-state index contributed by atoms with van der Waals surface area (Å²) in [6.45, 7) is 0. The maximum Gasteiger partial charge on any atom is 0.0546 e. The topological polar surface area (TPSA) is 6.48 Å². The molecule has 11 rings (SSSR count). The SMILES string of the molecule is C1=CCCC(N(c2ccc(C3=CC(c4ccc(N(c5ccccc5)c5cc6ccccc6c6ccccc56)cc4)CC=C3)cc2)c2cc3ccccc3c3ccccc23)=C1. The van der Waals surface area contributed by atoms with Crippen LogP contribution in [0.1, 0.15) is 36.3 Å². The molecule has 2 nitrogen and oxygen atoms in total. The van der Waals surface area contributed by atoms with E-state index < -0.39 is 0 Å². The minimum absolute atomic E-state index is 0.282. The lowest BCUT2D eigenvalue weighted by atomic mass is 9.87. The Hall–Kier alpha value is -7.42. The molecule has 0 amide bonds. The molecule has 0 fully saturated rings. The molecule has 9 aromatic rings. The standard InChI is InChI=1S/C58H44N2/c1-3-20-47(21-4-1)59(57-39-45-16-7-9-24-51(45)53-26-11-13-28-55(53)57)49-34-30-41(31-35-49)43-18-15-19-44(38-43)42-32-36-50(37-33-42)60(48-22-5-2-6-23-48)58-40-46-17-8-10-25-52(46)54-27-12-14-29-56(54)58/h1-5,7-17,19-22,24-40,43H,6,18,23H2. The molecule has 0 aliphatic heterocycles. The van der Waals surface area contributed by atoms with Gasteiger partial charge in [0.2, 0.25) is 0 Å². The first kappa shape index (κ1) is 35.7. The summed E-state index contributed by atoms with van der Waals surface area (Å²) >= 11 is 0. The molecule has 2 aliphatic rings. The van der Waals surface area contributed by atoms with Crippen LogP contribution in [0.5, 0.6) is 0 Å². The van der Waals surface area contributed by atoms with Gasteiger partial charge in [-0.1, -0.05) is 170 Å². The van der Waals surface area contributed by atoms with Crippen LogP contribution in [0.15, 0.2) is 230 Å².